The topological polar surface area (TPSA) is 32.6 Å². The summed E-state index contributed by atoms with van der Waals surface area (Å²) in [7, 11) is -3.04. The van der Waals surface area contributed by atoms with Crippen LogP contribution in [0.5, 0.6) is 0 Å². The fourth-order valence-electron chi connectivity index (χ4n) is 9.46. The van der Waals surface area contributed by atoms with Crippen molar-refractivity contribution in [2.24, 2.45) is 4.99 Å². The predicted octanol–water partition coefficient (Wildman–Crippen LogP) is 11.6. The molecule has 0 saturated carbocycles. The Morgan fingerprint density at radius 3 is 1.85 bits per heavy atom. The standard InChI is InChI=1S/C50H35NOP/c1-31-43-29-33-26-27-34(30-47(33)53(52,35-15-3-2-4-16-35)46-25-13-24-45(51-31)50(43)46)48-39-20-9-11-22-41(39)49(42-23-12-10-21-40(42)48)44-28-32-14-5-6-17-36(32)37-18-7-8-19-38(37)44/h2-28,30,43,52H,29H2,1H3/q+1. The quantitative estimate of drug-likeness (QED) is 0.111. The number of hydrogen-bond donors (Lipinski definition) is 1. The van der Waals surface area contributed by atoms with E-state index >= 15 is 0 Å². The lowest BCUT2D eigenvalue weighted by Crippen LogP contribution is -2.32. The largest absolute Gasteiger partial charge is 0.257 e. The van der Waals surface area contributed by atoms with Crippen molar-refractivity contribution in [2.45, 2.75) is 19.3 Å². The molecule has 2 aliphatic rings. The van der Waals surface area contributed by atoms with E-state index in [9.17, 15) is 4.89 Å². The molecule has 11 rings (SSSR count). The lowest BCUT2D eigenvalue weighted by atomic mass is 9.83. The highest BCUT2D eigenvalue weighted by molar-refractivity contribution is 7.91. The van der Waals surface area contributed by atoms with Gasteiger partial charge >= 0.3 is 0 Å². The number of fused-ring (bicyclic) bond motifs is 6. The van der Waals surface area contributed by atoms with E-state index in [1.54, 1.807) is 0 Å². The van der Waals surface area contributed by atoms with Crippen LogP contribution in [0.15, 0.2) is 175 Å². The zero-order valence-corrected chi connectivity index (χ0v) is 30.2. The van der Waals surface area contributed by atoms with Gasteiger partial charge in [-0.1, -0.05) is 133 Å². The van der Waals surface area contributed by atoms with Gasteiger partial charge in [0.2, 0.25) is 7.49 Å². The van der Waals surface area contributed by atoms with Gasteiger partial charge in [0, 0.05) is 17.2 Å². The van der Waals surface area contributed by atoms with E-state index in [1.165, 1.54) is 70.9 Å². The molecule has 2 nitrogen and oxygen atoms in total. The zero-order valence-electron chi connectivity index (χ0n) is 29.3. The molecule has 0 bridgehead atoms. The summed E-state index contributed by atoms with van der Waals surface area (Å²) in [6, 6.07) is 61.4. The molecule has 2 atom stereocenters. The summed E-state index contributed by atoms with van der Waals surface area (Å²) in [5.41, 5.74) is 9.35. The summed E-state index contributed by atoms with van der Waals surface area (Å²) < 4.78 is 0. The molecule has 0 fully saturated rings. The average Bonchev–Trinajstić information content (AvgIpc) is 3.48. The van der Waals surface area contributed by atoms with Crippen LogP contribution in [0.1, 0.15) is 24.0 Å². The lowest BCUT2D eigenvalue weighted by molar-refractivity contribution is 0.633. The first-order valence-corrected chi connectivity index (χ1v) is 20.2. The number of hydrogen-bond acceptors (Lipinski definition) is 2. The van der Waals surface area contributed by atoms with Gasteiger partial charge in [0.25, 0.3) is 0 Å². The summed E-state index contributed by atoms with van der Waals surface area (Å²) in [6.07, 6.45) is 0.819. The van der Waals surface area contributed by atoms with Gasteiger partial charge in [-0.15, -0.1) is 0 Å². The van der Waals surface area contributed by atoms with Crippen LogP contribution >= 0.6 is 7.49 Å². The fourth-order valence-corrected chi connectivity index (χ4v) is 12.7. The molecule has 0 spiro atoms. The summed E-state index contributed by atoms with van der Waals surface area (Å²) in [5, 5.41) is 13.0. The van der Waals surface area contributed by atoms with Gasteiger partial charge in [-0.3, -0.25) is 4.99 Å². The van der Waals surface area contributed by atoms with E-state index in [2.05, 4.69) is 171 Å². The minimum atomic E-state index is -3.04. The van der Waals surface area contributed by atoms with Crippen LogP contribution in [0, 0.1) is 0 Å². The first-order chi connectivity index (χ1) is 26.1. The van der Waals surface area contributed by atoms with Crippen molar-refractivity contribution in [3.8, 4) is 22.3 Å². The zero-order chi connectivity index (χ0) is 35.3. The fraction of sp³-hybridized carbons (Fsp3) is 0.0600. The highest BCUT2D eigenvalue weighted by Crippen LogP contribution is 2.58. The third-order valence-corrected chi connectivity index (χ3v) is 15.0. The van der Waals surface area contributed by atoms with Gasteiger partial charge < -0.3 is 0 Å². The van der Waals surface area contributed by atoms with Crippen molar-refractivity contribution in [3.05, 3.63) is 181 Å². The van der Waals surface area contributed by atoms with Gasteiger partial charge in [-0.05, 0) is 121 Å². The van der Waals surface area contributed by atoms with E-state index in [4.69, 9.17) is 4.99 Å². The molecule has 0 radical (unpaired) electrons. The van der Waals surface area contributed by atoms with E-state index in [1.807, 2.05) is 6.07 Å². The molecule has 3 heteroatoms. The molecular weight excluding hydrogens is 662 g/mol. The minimum absolute atomic E-state index is 0.154. The molecule has 0 aromatic heterocycles. The second kappa shape index (κ2) is 11.5. The Morgan fingerprint density at radius 1 is 0.528 bits per heavy atom. The van der Waals surface area contributed by atoms with Crippen molar-refractivity contribution in [2.75, 3.05) is 0 Å². The van der Waals surface area contributed by atoms with Crippen LogP contribution in [-0.4, -0.2) is 10.6 Å². The summed E-state index contributed by atoms with van der Waals surface area (Å²) in [5.74, 6) is 0.154. The summed E-state index contributed by atoms with van der Waals surface area (Å²) in [6.45, 7) is 2.15. The summed E-state index contributed by atoms with van der Waals surface area (Å²) >= 11 is 0. The molecular formula is C50H35NOP+. The van der Waals surface area contributed by atoms with Crippen molar-refractivity contribution >= 4 is 77.9 Å². The SMILES string of the molecule is CC1=Nc2cccc3c2C1Cc1ccc(-c2c4ccccc4c(-c4cc5ccccc5c5ccccc45)c4ccccc24)cc1[P+]3(O)c1ccccc1. The van der Waals surface area contributed by atoms with E-state index < -0.39 is 7.49 Å². The number of benzene rings is 9. The smallest absolute Gasteiger partial charge is 0.239 e. The minimum Gasteiger partial charge on any atom is -0.257 e. The Morgan fingerprint density at radius 2 is 1.13 bits per heavy atom. The highest BCUT2D eigenvalue weighted by atomic mass is 31.2. The molecule has 9 aromatic carbocycles. The normalized spacial score (nSPS) is 17.5. The number of aliphatic imine (C=N–C) groups is 1. The first kappa shape index (κ1) is 30.7. The van der Waals surface area contributed by atoms with Crippen molar-refractivity contribution in [1.82, 2.24) is 0 Å². The van der Waals surface area contributed by atoms with Crippen molar-refractivity contribution < 1.29 is 4.89 Å². The van der Waals surface area contributed by atoms with Crippen LogP contribution in [0.4, 0.5) is 5.69 Å². The Hall–Kier alpha value is -5.92. The molecule has 1 N–H and O–H groups in total. The maximum atomic E-state index is 13.5. The van der Waals surface area contributed by atoms with Crippen LogP contribution < -0.4 is 15.9 Å². The van der Waals surface area contributed by atoms with Gasteiger partial charge in [-0.25, -0.2) is 4.89 Å². The third kappa shape index (κ3) is 4.37. The molecule has 0 amide bonds. The van der Waals surface area contributed by atoms with Gasteiger partial charge in [0.05, 0.1) is 5.69 Å². The first-order valence-electron chi connectivity index (χ1n) is 18.4. The second-order valence-corrected chi connectivity index (χ2v) is 17.3. The monoisotopic (exact) mass is 696 g/mol. The maximum absolute atomic E-state index is 13.5. The molecule has 2 heterocycles. The molecule has 9 aromatic rings. The lowest BCUT2D eigenvalue weighted by Gasteiger charge is -2.23. The maximum Gasteiger partial charge on any atom is 0.239 e. The van der Waals surface area contributed by atoms with E-state index in [-0.39, 0.29) is 5.92 Å². The number of rotatable bonds is 3. The van der Waals surface area contributed by atoms with E-state index in [0.29, 0.717) is 0 Å². The molecule has 2 unspecified atom stereocenters. The Balaban J connectivity index is 1.23. The molecule has 0 aliphatic carbocycles. The third-order valence-electron chi connectivity index (χ3n) is 11.8. The molecule has 0 saturated heterocycles. The Bertz CT molecular complexity index is 2960. The van der Waals surface area contributed by atoms with Crippen LogP contribution in [-0.2, 0) is 6.42 Å². The number of nitrogens with zero attached hydrogens (tertiary/aromatic N) is 1. The van der Waals surface area contributed by atoms with Gasteiger partial charge in [0.15, 0.2) is 0 Å². The second-order valence-electron chi connectivity index (χ2n) is 14.6. The van der Waals surface area contributed by atoms with Crippen molar-refractivity contribution in [1.29, 1.82) is 0 Å². The Labute approximate surface area is 309 Å². The van der Waals surface area contributed by atoms with Crippen LogP contribution in [0.25, 0.3) is 65.3 Å². The van der Waals surface area contributed by atoms with E-state index in [0.717, 1.165) is 39.3 Å². The van der Waals surface area contributed by atoms with Gasteiger partial charge in [0.1, 0.15) is 15.9 Å². The van der Waals surface area contributed by atoms with Gasteiger partial charge in [-0.2, -0.15) is 0 Å². The average molecular weight is 697 g/mol. The van der Waals surface area contributed by atoms with Crippen molar-refractivity contribution in [3.63, 3.8) is 0 Å². The predicted molar refractivity (Wildman–Crippen MR) is 227 cm³/mol. The van der Waals surface area contributed by atoms with Crippen LogP contribution in [0.2, 0.25) is 0 Å². The van der Waals surface area contributed by atoms with Crippen LogP contribution in [0.3, 0.4) is 0 Å². The molecule has 250 valence electrons. The Kier molecular flexibility index (Phi) is 6.68. The summed E-state index contributed by atoms with van der Waals surface area (Å²) in [4.78, 5) is 18.5. The molecule has 2 aliphatic heterocycles. The molecule has 53 heavy (non-hydrogen) atoms. The highest BCUT2D eigenvalue weighted by Gasteiger charge is 2.52.